The minimum Gasteiger partial charge on any atom is -0.490 e. The third kappa shape index (κ3) is 4.38. The van der Waals surface area contributed by atoms with Gasteiger partial charge in [0.25, 0.3) is 0 Å². The largest absolute Gasteiger partial charge is 0.490 e. The van der Waals surface area contributed by atoms with Crippen molar-refractivity contribution in [3.63, 3.8) is 0 Å². The lowest BCUT2D eigenvalue weighted by molar-refractivity contribution is -0.138. The maximum Gasteiger partial charge on any atom is 0.331 e. The van der Waals surface area contributed by atoms with Crippen molar-refractivity contribution in [2.24, 2.45) is 0 Å². The van der Waals surface area contributed by atoms with Gasteiger partial charge in [-0.25, -0.2) is 4.79 Å². The molecule has 0 saturated carbocycles. The van der Waals surface area contributed by atoms with Crippen LogP contribution < -0.4 is 9.47 Å². The highest BCUT2D eigenvalue weighted by Gasteiger charge is 2.09. The van der Waals surface area contributed by atoms with E-state index in [2.05, 4.69) is 0 Å². The Morgan fingerprint density at radius 2 is 1.96 bits per heavy atom. The topological polar surface area (TPSA) is 44.8 Å². The highest BCUT2D eigenvalue weighted by atomic mass is 16.5. The Kier molecular flexibility index (Phi) is 5.16. The first-order valence-electron chi connectivity index (χ1n) is 8.01. The number of rotatable bonds is 4. The van der Waals surface area contributed by atoms with E-state index >= 15 is 0 Å². The number of esters is 1. The maximum atomic E-state index is 11.9. The molecule has 0 saturated heterocycles. The second kappa shape index (κ2) is 7.68. The van der Waals surface area contributed by atoms with Gasteiger partial charge in [-0.1, -0.05) is 35.9 Å². The fourth-order valence-corrected chi connectivity index (χ4v) is 2.45. The van der Waals surface area contributed by atoms with E-state index in [1.54, 1.807) is 6.08 Å². The number of benzene rings is 2. The molecular formula is C20H20O4. The van der Waals surface area contributed by atoms with E-state index in [4.69, 9.17) is 14.2 Å². The van der Waals surface area contributed by atoms with Gasteiger partial charge >= 0.3 is 5.97 Å². The van der Waals surface area contributed by atoms with E-state index in [9.17, 15) is 4.79 Å². The van der Waals surface area contributed by atoms with Crippen LogP contribution in [-0.2, 0) is 16.1 Å². The Morgan fingerprint density at radius 1 is 1.12 bits per heavy atom. The summed E-state index contributed by atoms with van der Waals surface area (Å²) in [6.45, 7) is 3.58. The van der Waals surface area contributed by atoms with Crippen molar-refractivity contribution in [1.82, 2.24) is 0 Å². The molecule has 0 amide bonds. The minimum absolute atomic E-state index is 0.270. The zero-order valence-corrected chi connectivity index (χ0v) is 13.7. The van der Waals surface area contributed by atoms with Crippen molar-refractivity contribution < 1.29 is 19.0 Å². The van der Waals surface area contributed by atoms with Crippen LogP contribution in [0.15, 0.2) is 48.5 Å². The van der Waals surface area contributed by atoms with Gasteiger partial charge in [-0.2, -0.15) is 0 Å². The Balaban J connectivity index is 1.59. The molecule has 0 bridgehead atoms. The second-order valence-corrected chi connectivity index (χ2v) is 5.69. The number of fused-ring (bicyclic) bond motifs is 1. The zero-order valence-electron chi connectivity index (χ0n) is 13.7. The van der Waals surface area contributed by atoms with Crippen molar-refractivity contribution in [3.05, 3.63) is 65.2 Å². The summed E-state index contributed by atoms with van der Waals surface area (Å²) in [4.78, 5) is 11.9. The van der Waals surface area contributed by atoms with Gasteiger partial charge in [0.05, 0.1) is 13.2 Å². The molecule has 24 heavy (non-hydrogen) atoms. The molecule has 4 nitrogen and oxygen atoms in total. The summed E-state index contributed by atoms with van der Waals surface area (Å²) in [5, 5.41) is 0. The third-order valence-electron chi connectivity index (χ3n) is 3.65. The number of aryl methyl sites for hydroxylation is 1. The van der Waals surface area contributed by atoms with E-state index in [-0.39, 0.29) is 12.6 Å². The Bertz CT molecular complexity index is 749. The Morgan fingerprint density at radius 3 is 2.79 bits per heavy atom. The third-order valence-corrected chi connectivity index (χ3v) is 3.65. The first-order valence-corrected chi connectivity index (χ1v) is 8.01. The molecule has 2 aromatic rings. The molecule has 0 radical (unpaired) electrons. The predicted octanol–water partition coefficient (Wildman–Crippen LogP) is 3.91. The van der Waals surface area contributed by atoms with Crippen molar-refractivity contribution in [3.8, 4) is 11.5 Å². The fraction of sp³-hybridized carbons (Fsp3) is 0.250. The highest BCUT2D eigenvalue weighted by molar-refractivity contribution is 5.87. The molecule has 124 valence electrons. The Labute approximate surface area is 141 Å². The van der Waals surface area contributed by atoms with E-state index in [1.165, 1.54) is 6.08 Å². The number of hydrogen-bond acceptors (Lipinski definition) is 4. The summed E-state index contributed by atoms with van der Waals surface area (Å²) in [5.41, 5.74) is 2.99. The van der Waals surface area contributed by atoms with Gasteiger partial charge in [0.1, 0.15) is 6.61 Å². The minimum atomic E-state index is -0.372. The van der Waals surface area contributed by atoms with Crippen LogP contribution in [0.25, 0.3) is 6.08 Å². The average Bonchev–Trinajstić information content (AvgIpc) is 2.83. The monoisotopic (exact) mass is 324 g/mol. The first-order chi connectivity index (χ1) is 11.7. The molecule has 1 aliphatic heterocycles. The summed E-state index contributed by atoms with van der Waals surface area (Å²) >= 11 is 0. The van der Waals surface area contributed by atoms with Crippen molar-refractivity contribution in [2.75, 3.05) is 13.2 Å². The van der Waals surface area contributed by atoms with Crippen LogP contribution in [-0.4, -0.2) is 19.2 Å². The summed E-state index contributed by atoms with van der Waals surface area (Å²) in [6.07, 6.45) is 4.01. The second-order valence-electron chi connectivity index (χ2n) is 5.69. The molecule has 0 aromatic heterocycles. The van der Waals surface area contributed by atoms with Crippen LogP contribution in [0.1, 0.15) is 23.1 Å². The lowest BCUT2D eigenvalue weighted by Crippen LogP contribution is -2.00. The predicted molar refractivity (Wildman–Crippen MR) is 92.1 cm³/mol. The van der Waals surface area contributed by atoms with Crippen LogP contribution >= 0.6 is 0 Å². The van der Waals surface area contributed by atoms with Crippen LogP contribution in [0.4, 0.5) is 0 Å². The van der Waals surface area contributed by atoms with Gasteiger partial charge in [0.2, 0.25) is 0 Å². The number of carbonyl (C=O) groups excluding carboxylic acids is 1. The molecule has 2 aromatic carbocycles. The SMILES string of the molecule is Cc1cccc(COC(=O)/C=C/c2ccc3c(c2)OCCCO3)c1. The summed E-state index contributed by atoms with van der Waals surface area (Å²) in [7, 11) is 0. The van der Waals surface area contributed by atoms with Crippen LogP contribution in [0.3, 0.4) is 0 Å². The number of ether oxygens (including phenoxy) is 3. The average molecular weight is 324 g/mol. The van der Waals surface area contributed by atoms with E-state index < -0.39 is 0 Å². The van der Waals surface area contributed by atoms with Gasteiger partial charge in [-0.15, -0.1) is 0 Å². The maximum absolute atomic E-state index is 11.9. The Hall–Kier alpha value is -2.75. The first kappa shape index (κ1) is 16.1. The normalized spacial score (nSPS) is 13.5. The molecular weight excluding hydrogens is 304 g/mol. The standard InChI is InChI=1S/C20H20O4/c1-15-4-2-5-17(12-15)14-24-20(21)9-7-16-6-8-18-19(13-16)23-11-3-10-22-18/h2,4-9,12-13H,3,10-11,14H2,1H3/b9-7+. The van der Waals surface area contributed by atoms with Crippen molar-refractivity contribution in [1.29, 1.82) is 0 Å². The van der Waals surface area contributed by atoms with Gasteiger partial charge in [0, 0.05) is 12.5 Å². The molecule has 0 aliphatic carbocycles. The van der Waals surface area contributed by atoms with Gasteiger partial charge in [0.15, 0.2) is 11.5 Å². The fourth-order valence-electron chi connectivity index (χ4n) is 2.45. The van der Waals surface area contributed by atoms with Crippen molar-refractivity contribution in [2.45, 2.75) is 20.0 Å². The smallest absolute Gasteiger partial charge is 0.331 e. The lowest BCUT2D eigenvalue weighted by atomic mass is 10.1. The van der Waals surface area contributed by atoms with Gasteiger partial charge < -0.3 is 14.2 Å². The van der Waals surface area contributed by atoms with E-state index in [1.807, 2.05) is 49.4 Å². The lowest BCUT2D eigenvalue weighted by Gasteiger charge is -2.07. The molecule has 0 N–H and O–H groups in total. The molecule has 1 aliphatic rings. The summed E-state index contributed by atoms with van der Waals surface area (Å²) < 4.78 is 16.5. The quantitative estimate of drug-likeness (QED) is 0.632. The molecule has 0 unspecified atom stereocenters. The molecule has 0 fully saturated rings. The molecule has 3 rings (SSSR count). The molecule has 1 heterocycles. The molecule has 0 spiro atoms. The van der Waals surface area contributed by atoms with Crippen LogP contribution in [0, 0.1) is 6.92 Å². The van der Waals surface area contributed by atoms with Crippen molar-refractivity contribution >= 4 is 12.0 Å². The van der Waals surface area contributed by atoms with Crippen LogP contribution in [0.5, 0.6) is 11.5 Å². The number of carbonyl (C=O) groups is 1. The number of hydrogen-bond donors (Lipinski definition) is 0. The van der Waals surface area contributed by atoms with E-state index in [0.717, 1.165) is 28.9 Å². The summed E-state index contributed by atoms with van der Waals surface area (Å²) in [5.74, 6) is 1.08. The zero-order chi connectivity index (χ0) is 16.8. The molecule has 0 atom stereocenters. The summed E-state index contributed by atoms with van der Waals surface area (Å²) in [6, 6.07) is 13.5. The molecule has 4 heteroatoms. The highest BCUT2D eigenvalue weighted by Crippen LogP contribution is 2.30. The van der Waals surface area contributed by atoms with Gasteiger partial charge in [-0.3, -0.25) is 0 Å². The van der Waals surface area contributed by atoms with Crippen LogP contribution in [0.2, 0.25) is 0 Å². The van der Waals surface area contributed by atoms with E-state index in [0.29, 0.717) is 19.0 Å². The van der Waals surface area contributed by atoms with Gasteiger partial charge in [-0.05, 0) is 36.3 Å².